The minimum Gasteiger partial charge on any atom is -0.497 e. The molecule has 0 aliphatic rings. The first-order chi connectivity index (χ1) is 11.6. The largest absolute Gasteiger partial charge is 0.497 e. The van der Waals surface area contributed by atoms with Gasteiger partial charge in [-0.15, -0.1) is 0 Å². The standard InChI is InChI=1S/C18H21N3O2S/c1-13(15-6-4-3-5-7-15)19-18(24)21-20-17(22)12-14-8-10-16(23-2)11-9-14/h3-11,13H,12H2,1-2H3,(H,20,22)(H2,19,21,24)/t13-/m1/s1. The molecule has 126 valence electrons. The molecule has 0 aromatic heterocycles. The van der Waals surface area contributed by atoms with E-state index < -0.39 is 0 Å². The number of nitrogens with one attached hydrogen (secondary N) is 3. The van der Waals surface area contributed by atoms with E-state index in [-0.39, 0.29) is 18.4 Å². The number of thiocarbonyl (C=S) groups is 1. The van der Waals surface area contributed by atoms with Crippen LogP contribution < -0.4 is 20.9 Å². The summed E-state index contributed by atoms with van der Waals surface area (Å²) in [6, 6.07) is 17.3. The molecule has 1 amide bonds. The van der Waals surface area contributed by atoms with E-state index in [1.807, 2.05) is 61.5 Å². The van der Waals surface area contributed by atoms with Gasteiger partial charge in [0.05, 0.1) is 19.6 Å². The molecule has 24 heavy (non-hydrogen) atoms. The number of hydrogen-bond acceptors (Lipinski definition) is 3. The third-order valence-corrected chi connectivity index (χ3v) is 3.71. The second kappa shape index (κ2) is 8.88. The summed E-state index contributed by atoms with van der Waals surface area (Å²) < 4.78 is 5.09. The van der Waals surface area contributed by atoms with Crippen molar-refractivity contribution in [2.45, 2.75) is 19.4 Å². The Balaban J connectivity index is 1.75. The molecule has 0 saturated carbocycles. The Morgan fingerprint density at radius 1 is 1.08 bits per heavy atom. The van der Waals surface area contributed by atoms with Crippen LogP contribution in [0.25, 0.3) is 0 Å². The maximum atomic E-state index is 11.9. The van der Waals surface area contributed by atoms with Crippen LogP contribution in [0.2, 0.25) is 0 Å². The van der Waals surface area contributed by atoms with Gasteiger partial charge in [0.2, 0.25) is 5.91 Å². The predicted molar refractivity (Wildman–Crippen MR) is 98.6 cm³/mol. The Morgan fingerprint density at radius 3 is 2.38 bits per heavy atom. The summed E-state index contributed by atoms with van der Waals surface area (Å²) in [5.74, 6) is 0.592. The zero-order valence-corrected chi connectivity index (χ0v) is 14.5. The first kappa shape index (κ1) is 17.7. The maximum absolute atomic E-state index is 11.9. The molecule has 0 unspecified atom stereocenters. The van der Waals surface area contributed by atoms with Gasteiger partial charge in [-0.05, 0) is 42.4 Å². The Morgan fingerprint density at radius 2 is 1.75 bits per heavy atom. The van der Waals surface area contributed by atoms with Crippen LogP contribution in [-0.2, 0) is 11.2 Å². The van der Waals surface area contributed by atoms with E-state index >= 15 is 0 Å². The van der Waals surface area contributed by atoms with Crippen molar-refractivity contribution >= 4 is 23.2 Å². The topological polar surface area (TPSA) is 62.4 Å². The number of methoxy groups -OCH3 is 1. The van der Waals surface area contributed by atoms with Crippen molar-refractivity contribution in [3.63, 3.8) is 0 Å². The second-order valence-corrected chi connectivity index (χ2v) is 5.71. The molecule has 2 aromatic rings. The van der Waals surface area contributed by atoms with Gasteiger partial charge in [-0.25, -0.2) is 0 Å². The van der Waals surface area contributed by atoms with Gasteiger partial charge in [0.15, 0.2) is 5.11 Å². The fourth-order valence-electron chi connectivity index (χ4n) is 2.16. The lowest BCUT2D eigenvalue weighted by molar-refractivity contribution is -0.121. The lowest BCUT2D eigenvalue weighted by Crippen LogP contribution is -2.47. The number of rotatable bonds is 5. The first-order valence-electron chi connectivity index (χ1n) is 7.61. The number of carbonyl (C=O) groups is 1. The Hall–Kier alpha value is -2.60. The summed E-state index contributed by atoms with van der Waals surface area (Å²) in [5.41, 5.74) is 7.33. The smallest absolute Gasteiger partial charge is 0.242 e. The first-order valence-corrected chi connectivity index (χ1v) is 8.02. The van der Waals surface area contributed by atoms with Crippen LogP contribution in [0.4, 0.5) is 0 Å². The molecule has 0 spiro atoms. The minimum absolute atomic E-state index is 0.0460. The van der Waals surface area contributed by atoms with E-state index in [1.54, 1.807) is 7.11 Å². The zero-order chi connectivity index (χ0) is 17.4. The van der Waals surface area contributed by atoms with Gasteiger partial charge in [0.1, 0.15) is 5.75 Å². The lowest BCUT2D eigenvalue weighted by atomic mass is 10.1. The fraction of sp³-hybridized carbons (Fsp3) is 0.222. The highest BCUT2D eigenvalue weighted by molar-refractivity contribution is 7.80. The van der Waals surface area contributed by atoms with Crippen LogP contribution >= 0.6 is 12.2 Å². The zero-order valence-electron chi connectivity index (χ0n) is 13.7. The number of amides is 1. The fourth-order valence-corrected chi connectivity index (χ4v) is 2.39. The van der Waals surface area contributed by atoms with Crippen molar-refractivity contribution in [3.8, 4) is 5.75 Å². The Kier molecular flexibility index (Phi) is 6.57. The molecule has 0 fully saturated rings. The van der Waals surface area contributed by atoms with E-state index in [1.165, 1.54) is 0 Å². The molecule has 0 heterocycles. The monoisotopic (exact) mass is 343 g/mol. The summed E-state index contributed by atoms with van der Waals surface area (Å²) >= 11 is 5.19. The number of benzene rings is 2. The number of carbonyl (C=O) groups excluding carboxylic acids is 1. The molecule has 0 radical (unpaired) electrons. The van der Waals surface area contributed by atoms with Gasteiger partial charge in [-0.2, -0.15) is 0 Å². The molecule has 2 rings (SSSR count). The average molecular weight is 343 g/mol. The van der Waals surface area contributed by atoms with Crippen molar-refractivity contribution in [2.24, 2.45) is 0 Å². The lowest BCUT2D eigenvalue weighted by Gasteiger charge is -2.17. The quantitative estimate of drug-likeness (QED) is 0.575. The highest BCUT2D eigenvalue weighted by Gasteiger charge is 2.08. The van der Waals surface area contributed by atoms with E-state index in [0.29, 0.717) is 5.11 Å². The van der Waals surface area contributed by atoms with E-state index in [2.05, 4.69) is 16.2 Å². The Bertz CT molecular complexity index is 674. The van der Waals surface area contributed by atoms with E-state index in [0.717, 1.165) is 16.9 Å². The van der Waals surface area contributed by atoms with Crippen LogP contribution in [0.1, 0.15) is 24.1 Å². The molecular weight excluding hydrogens is 322 g/mol. The van der Waals surface area contributed by atoms with E-state index in [9.17, 15) is 4.79 Å². The number of hydrogen-bond donors (Lipinski definition) is 3. The van der Waals surface area contributed by atoms with Gasteiger partial charge in [0.25, 0.3) is 0 Å². The SMILES string of the molecule is COc1ccc(CC(=O)NNC(=S)N[C@H](C)c2ccccc2)cc1. The van der Waals surface area contributed by atoms with Gasteiger partial charge in [-0.3, -0.25) is 15.6 Å². The highest BCUT2D eigenvalue weighted by Crippen LogP contribution is 2.12. The summed E-state index contributed by atoms with van der Waals surface area (Å²) in [6.07, 6.45) is 0.258. The summed E-state index contributed by atoms with van der Waals surface area (Å²) in [7, 11) is 1.61. The molecule has 0 aliphatic carbocycles. The molecule has 0 aliphatic heterocycles. The molecule has 6 heteroatoms. The predicted octanol–water partition coefficient (Wildman–Crippen LogP) is 2.49. The third kappa shape index (κ3) is 5.55. The third-order valence-electron chi connectivity index (χ3n) is 3.49. The summed E-state index contributed by atoms with van der Waals surface area (Å²) in [6.45, 7) is 2.00. The van der Waals surface area contributed by atoms with Gasteiger partial charge < -0.3 is 10.1 Å². The molecule has 0 bridgehead atoms. The summed E-state index contributed by atoms with van der Waals surface area (Å²) in [4.78, 5) is 11.9. The Labute approximate surface area is 147 Å². The minimum atomic E-state index is -0.170. The van der Waals surface area contributed by atoms with Gasteiger partial charge >= 0.3 is 0 Å². The molecular formula is C18H21N3O2S. The molecule has 1 atom stereocenters. The van der Waals surface area contributed by atoms with Crippen LogP contribution in [0.5, 0.6) is 5.75 Å². The van der Waals surface area contributed by atoms with Crippen molar-refractivity contribution in [1.29, 1.82) is 0 Å². The molecule has 0 saturated heterocycles. The van der Waals surface area contributed by atoms with Crippen molar-refractivity contribution < 1.29 is 9.53 Å². The second-order valence-electron chi connectivity index (χ2n) is 5.30. The van der Waals surface area contributed by atoms with Gasteiger partial charge in [-0.1, -0.05) is 42.5 Å². The van der Waals surface area contributed by atoms with Crippen LogP contribution in [0.3, 0.4) is 0 Å². The van der Waals surface area contributed by atoms with Crippen molar-refractivity contribution in [2.75, 3.05) is 7.11 Å². The maximum Gasteiger partial charge on any atom is 0.242 e. The number of ether oxygens (including phenoxy) is 1. The van der Waals surface area contributed by atoms with Crippen molar-refractivity contribution in [1.82, 2.24) is 16.2 Å². The van der Waals surface area contributed by atoms with Crippen molar-refractivity contribution in [3.05, 3.63) is 65.7 Å². The highest BCUT2D eigenvalue weighted by atomic mass is 32.1. The average Bonchev–Trinajstić information content (AvgIpc) is 2.61. The van der Waals surface area contributed by atoms with Crippen LogP contribution in [0.15, 0.2) is 54.6 Å². The normalized spacial score (nSPS) is 11.2. The van der Waals surface area contributed by atoms with Crippen LogP contribution in [0, 0.1) is 0 Å². The summed E-state index contributed by atoms with van der Waals surface area (Å²) in [5, 5.41) is 3.49. The van der Waals surface area contributed by atoms with Crippen LogP contribution in [-0.4, -0.2) is 18.1 Å². The molecule has 3 N–H and O–H groups in total. The molecule has 2 aromatic carbocycles. The number of hydrazine groups is 1. The van der Waals surface area contributed by atoms with Gasteiger partial charge in [0, 0.05) is 0 Å². The van der Waals surface area contributed by atoms with E-state index in [4.69, 9.17) is 17.0 Å². The molecule has 5 nitrogen and oxygen atoms in total.